The molecule has 1 N–H and O–H groups in total. The fourth-order valence-electron chi connectivity index (χ4n) is 3.95. The third-order valence-electron chi connectivity index (χ3n) is 6.38. The third kappa shape index (κ3) is 7.98. The molecule has 0 saturated carbocycles. The zero-order chi connectivity index (χ0) is 25.9. The van der Waals surface area contributed by atoms with Gasteiger partial charge in [-0.15, -0.1) is 0 Å². The van der Waals surface area contributed by atoms with Crippen LogP contribution in [0.4, 0.5) is 0 Å². The molecule has 0 fully saturated rings. The number of nitrogens with zero attached hydrogens (tertiary/aromatic N) is 1. The maximum atomic E-state index is 13.6. The summed E-state index contributed by atoms with van der Waals surface area (Å²) in [7, 11) is 0. The third-order valence-corrected chi connectivity index (χ3v) is 6.38. The topological polar surface area (TPSA) is 58.6 Å². The first-order chi connectivity index (χ1) is 17.4. The van der Waals surface area contributed by atoms with Crippen LogP contribution in [0.1, 0.15) is 56.7 Å². The maximum absolute atomic E-state index is 13.6. The Labute approximate surface area is 215 Å². The lowest BCUT2D eigenvalue weighted by Crippen LogP contribution is -2.53. The number of benzene rings is 3. The Balaban J connectivity index is 1.86. The molecule has 3 aromatic rings. The number of hydrogen-bond donors (Lipinski definition) is 1. The van der Waals surface area contributed by atoms with Crippen LogP contribution in [0.15, 0.2) is 84.9 Å². The van der Waals surface area contributed by atoms with Crippen molar-refractivity contribution in [3.63, 3.8) is 0 Å². The number of carbonyl (C=O) groups is 2. The van der Waals surface area contributed by atoms with Gasteiger partial charge in [-0.1, -0.05) is 93.6 Å². The van der Waals surface area contributed by atoms with Crippen LogP contribution in [0.3, 0.4) is 0 Å². The van der Waals surface area contributed by atoms with Crippen LogP contribution < -0.4 is 10.1 Å². The molecule has 0 saturated heterocycles. The lowest BCUT2D eigenvalue weighted by molar-refractivity contribution is -0.143. The SMILES string of the molecule is CCC(C)NC(=O)C(Cc1ccccc1)N(Cc1ccccc1)C(=O)COc1ccc(C(C)C)cc1. The normalized spacial score (nSPS) is 12.6. The molecule has 3 aromatic carbocycles. The summed E-state index contributed by atoms with van der Waals surface area (Å²) in [5, 5.41) is 3.09. The summed E-state index contributed by atoms with van der Waals surface area (Å²) in [4.78, 5) is 28.7. The summed E-state index contributed by atoms with van der Waals surface area (Å²) in [5.74, 6) is 0.673. The van der Waals surface area contributed by atoms with Gasteiger partial charge in [0.1, 0.15) is 11.8 Å². The molecule has 2 atom stereocenters. The van der Waals surface area contributed by atoms with Gasteiger partial charge in [-0.25, -0.2) is 0 Å². The largest absolute Gasteiger partial charge is 0.484 e. The first-order valence-electron chi connectivity index (χ1n) is 12.8. The van der Waals surface area contributed by atoms with E-state index in [1.807, 2.05) is 98.8 Å². The predicted octanol–water partition coefficient (Wildman–Crippen LogP) is 5.74. The van der Waals surface area contributed by atoms with E-state index in [-0.39, 0.29) is 24.5 Å². The minimum atomic E-state index is -0.666. The van der Waals surface area contributed by atoms with Gasteiger partial charge in [-0.2, -0.15) is 0 Å². The van der Waals surface area contributed by atoms with Crippen LogP contribution in [-0.2, 0) is 22.6 Å². The first kappa shape index (κ1) is 27.0. The molecule has 0 aliphatic carbocycles. The van der Waals surface area contributed by atoms with Gasteiger partial charge in [-0.05, 0) is 48.1 Å². The van der Waals surface area contributed by atoms with Crippen molar-refractivity contribution in [2.24, 2.45) is 0 Å². The zero-order valence-corrected chi connectivity index (χ0v) is 21.8. The minimum Gasteiger partial charge on any atom is -0.484 e. The zero-order valence-electron chi connectivity index (χ0n) is 21.8. The molecule has 0 aliphatic rings. The Morgan fingerprint density at radius 2 is 1.42 bits per heavy atom. The Bertz CT molecular complexity index is 1080. The van der Waals surface area contributed by atoms with Gasteiger partial charge >= 0.3 is 0 Å². The molecule has 0 spiro atoms. The van der Waals surface area contributed by atoms with Crippen LogP contribution in [0.25, 0.3) is 0 Å². The van der Waals surface area contributed by atoms with E-state index in [4.69, 9.17) is 4.74 Å². The van der Waals surface area contributed by atoms with Crippen LogP contribution in [0, 0.1) is 0 Å². The summed E-state index contributed by atoms with van der Waals surface area (Å²) in [6.45, 7) is 8.46. The summed E-state index contributed by atoms with van der Waals surface area (Å²) < 4.78 is 5.88. The second-order valence-electron chi connectivity index (χ2n) is 9.54. The molecule has 5 nitrogen and oxygen atoms in total. The molecule has 0 aromatic heterocycles. The van der Waals surface area contributed by atoms with Gasteiger partial charge in [0.05, 0.1) is 0 Å². The molecular formula is C31H38N2O3. The standard InChI is InChI=1S/C31H38N2O3/c1-5-24(4)32-31(35)29(20-25-12-8-6-9-13-25)33(21-26-14-10-7-11-15-26)30(34)22-36-28-18-16-27(17-19-28)23(2)3/h6-19,23-24,29H,5,20-22H2,1-4H3,(H,32,35). The van der Waals surface area contributed by atoms with E-state index in [0.29, 0.717) is 24.6 Å². The second kappa shape index (κ2) is 13.5. The van der Waals surface area contributed by atoms with Crippen molar-refractivity contribution in [3.05, 3.63) is 102 Å². The highest BCUT2D eigenvalue weighted by Gasteiger charge is 2.31. The van der Waals surface area contributed by atoms with Crippen molar-refractivity contribution >= 4 is 11.8 Å². The summed E-state index contributed by atoms with van der Waals surface area (Å²) >= 11 is 0. The van der Waals surface area contributed by atoms with E-state index in [0.717, 1.165) is 17.5 Å². The van der Waals surface area contributed by atoms with Gasteiger partial charge in [0.15, 0.2) is 6.61 Å². The van der Waals surface area contributed by atoms with E-state index in [9.17, 15) is 9.59 Å². The number of hydrogen-bond acceptors (Lipinski definition) is 3. The van der Waals surface area contributed by atoms with Crippen LogP contribution in [0.5, 0.6) is 5.75 Å². The van der Waals surface area contributed by atoms with E-state index < -0.39 is 6.04 Å². The van der Waals surface area contributed by atoms with Crippen molar-refractivity contribution in [3.8, 4) is 5.75 Å². The molecule has 5 heteroatoms. The average molecular weight is 487 g/mol. The van der Waals surface area contributed by atoms with Crippen LogP contribution in [-0.4, -0.2) is 35.4 Å². The lowest BCUT2D eigenvalue weighted by atomic mass is 10.0. The fraction of sp³-hybridized carbons (Fsp3) is 0.355. The quantitative estimate of drug-likeness (QED) is 0.355. The number of rotatable bonds is 12. The molecular weight excluding hydrogens is 448 g/mol. The molecule has 0 heterocycles. The molecule has 0 bridgehead atoms. The highest BCUT2D eigenvalue weighted by molar-refractivity contribution is 5.88. The molecule has 0 radical (unpaired) electrons. The van der Waals surface area contributed by atoms with Crippen molar-refractivity contribution in [2.45, 2.75) is 65.1 Å². The van der Waals surface area contributed by atoms with Gasteiger partial charge in [0.2, 0.25) is 5.91 Å². The first-order valence-corrected chi connectivity index (χ1v) is 12.8. The summed E-state index contributed by atoms with van der Waals surface area (Å²) in [5.41, 5.74) is 3.17. The number of nitrogens with one attached hydrogen (secondary N) is 1. The molecule has 2 amide bonds. The smallest absolute Gasteiger partial charge is 0.261 e. The summed E-state index contributed by atoms with van der Waals surface area (Å²) in [6.07, 6.45) is 1.23. The van der Waals surface area contributed by atoms with Crippen LogP contribution in [0.2, 0.25) is 0 Å². The van der Waals surface area contributed by atoms with Crippen molar-refractivity contribution in [2.75, 3.05) is 6.61 Å². The second-order valence-corrected chi connectivity index (χ2v) is 9.54. The monoisotopic (exact) mass is 486 g/mol. The lowest BCUT2D eigenvalue weighted by Gasteiger charge is -2.32. The Morgan fingerprint density at radius 3 is 1.97 bits per heavy atom. The van der Waals surface area contributed by atoms with E-state index in [1.165, 1.54) is 5.56 Å². The minimum absolute atomic E-state index is 0.0140. The van der Waals surface area contributed by atoms with E-state index in [2.05, 4.69) is 19.2 Å². The predicted molar refractivity (Wildman–Crippen MR) is 145 cm³/mol. The average Bonchev–Trinajstić information content (AvgIpc) is 2.90. The summed E-state index contributed by atoms with van der Waals surface area (Å²) in [6, 6.07) is 26.8. The highest BCUT2D eigenvalue weighted by atomic mass is 16.5. The number of amides is 2. The van der Waals surface area contributed by atoms with Crippen molar-refractivity contribution in [1.82, 2.24) is 10.2 Å². The van der Waals surface area contributed by atoms with Crippen molar-refractivity contribution < 1.29 is 14.3 Å². The number of ether oxygens (including phenoxy) is 1. The van der Waals surface area contributed by atoms with E-state index in [1.54, 1.807) is 4.90 Å². The Hall–Kier alpha value is -3.60. The van der Waals surface area contributed by atoms with Gasteiger partial charge in [0.25, 0.3) is 5.91 Å². The highest BCUT2D eigenvalue weighted by Crippen LogP contribution is 2.20. The molecule has 190 valence electrons. The van der Waals surface area contributed by atoms with Crippen molar-refractivity contribution in [1.29, 1.82) is 0 Å². The molecule has 0 aliphatic heterocycles. The molecule has 36 heavy (non-hydrogen) atoms. The Morgan fingerprint density at radius 1 is 0.833 bits per heavy atom. The van der Waals surface area contributed by atoms with E-state index >= 15 is 0 Å². The number of carbonyl (C=O) groups excluding carboxylic acids is 2. The molecule has 2 unspecified atom stereocenters. The van der Waals surface area contributed by atoms with Gasteiger partial charge in [-0.3, -0.25) is 9.59 Å². The molecule has 3 rings (SSSR count). The van der Waals surface area contributed by atoms with Gasteiger partial charge in [0, 0.05) is 19.0 Å². The Kier molecular flexibility index (Phi) is 10.1. The van der Waals surface area contributed by atoms with Crippen LogP contribution >= 0.6 is 0 Å². The van der Waals surface area contributed by atoms with Gasteiger partial charge < -0.3 is 15.0 Å². The fourth-order valence-corrected chi connectivity index (χ4v) is 3.95. The maximum Gasteiger partial charge on any atom is 0.261 e.